The van der Waals surface area contributed by atoms with Crippen LogP contribution in [0.5, 0.6) is 0 Å². The van der Waals surface area contributed by atoms with Gasteiger partial charge < -0.3 is 15.5 Å². The number of primary amides is 1. The quantitative estimate of drug-likeness (QED) is 0.822. The molecule has 1 aromatic heterocycles. The van der Waals surface area contributed by atoms with E-state index in [0.29, 0.717) is 23.7 Å². The molecule has 0 saturated carbocycles. The molecule has 2 heterocycles. The molecule has 0 unspecified atom stereocenters. The largest absolute Gasteiger partial charge is 0.369 e. The fourth-order valence-corrected chi connectivity index (χ4v) is 3.08. The first kappa shape index (κ1) is 15.4. The predicted molar refractivity (Wildman–Crippen MR) is 77.7 cm³/mol. The number of amides is 3. The average molecular weight is 310 g/mol. The van der Waals surface area contributed by atoms with Crippen LogP contribution in [0.25, 0.3) is 0 Å². The lowest BCUT2D eigenvalue weighted by Crippen LogP contribution is -2.40. The average Bonchev–Trinajstić information content (AvgIpc) is 2.72. The van der Waals surface area contributed by atoms with Crippen LogP contribution in [0, 0.1) is 12.8 Å². The normalized spacial score (nSPS) is 19.2. The van der Waals surface area contributed by atoms with Crippen molar-refractivity contribution in [2.45, 2.75) is 13.8 Å². The van der Waals surface area contributed by atoms with Gasteiger partial charge in [0.25, 0.3) is 5.91 Å². The highest BCUT2D eigenvalue weighted by Crippen LogP contribution is 2.18. The van der Waals surface area contributed by atoms with Crippen molar-refractivity contribution in [2.75, 3.05) is 26.2 Å². The van der Waals surface area contributed by atoms with Crippen molar-refractivity contribution >= 4 is 29.1 Å². The summed E-state index contributed by atoms with van der Waals surface area (Å²) in [5.41, 5.74) is 7.68. The van der Waals surface area contributed by atoms with Gasteiger partial charge >= 0.3 is 0 Å². The lowest BCUT2D eigenvalue weighted by molar-refractivity contribution is -0.130. The number of nitrogens with two attached hydrogens (primary N) is 1. The van der Waals surface area contributed by atoms with Crippen LogP contribution in [-0.4, -0.2) is 58.7 Å². The Labute approximate surface area is 126 Å². The van der Waals surface area contributed by atoms with Crippen LogP contribution in [0.15, 0.2) is 5.51 Å². The molecule has 7 nitrogen and oxygen atoms in total. The van der Waals surface area contributed by atoms with E-state index in [1.807, 2.05) is 0 Å². The van der Waals surface area contributed by atoms with Gasteiger partial charge in [-0.2, -0.15) is 0 Å². The van der Waals surface area contributed by atoms with Gasteiger partial charge in [-0.3, -0.25) is 14.4 Å². The molecule has 1 aliphatic heterocycles. The number of hydrogen-bond acceptors (Lipinski definition) is 5. The molecule has 0 spiro atoms. The molecule has 1 aliphatic rings. The summed E-state index contributed by atoms with van der Waals surface area (Å²) in [6.07, 6.45) is 0. The summed E-state index contributed by atoms with van der Waals surface area (Å²) in [7, 11) is 0. The summed E-state index contributed by atoms with van der Waals surface area (Å²) in [5, 5.41) is 0. The summed E-state index contributed by atoms with van der Waals surface area (Å²) in [4.78, 5) is 43.4. The summed E-state index contributed by atoms with van der Waals surface area (Å²) < 4.78 is 0. The molecule has 0 aromatic carbocycles. The second-order valence-corrected chi connectivity index (χ2v) is 5.94. The van der Waals surface area contributed by atoms with E-state index in [2.05, 4.69) is 4.98 Å². The Morgan fingerprint density at radius 2 is 1.90 bits per heavy atom. The molecule has 21 heavy (non-hydrogen) atoms. The fraction of sp³-hybridized carbons (Fsp3) is 0.538. The van der Waals surface area contributed by atoms with E-state index in [1.165, 1.54) is 18.3 Å². The minimum Gasteiger partial charge on any atom is -0.369 e. The highest BCUT2D eigenvalue weighted by Gasteiger charge is 2.31. The van der Waals surface area contributed by atoms with Crippen molar-refractivity contribution < 1.29 is 14.4 Å². The monoisotopic (exact) mass is 310 g/mol. The number of carbonyl (C=O) groups excluding carboxylic acids is 3. The summed E-state index contributed by atoms with van der Waals surface area (Å²) in [6.45, 7) is 4.51. The zero-order chi connectivity index (χ0) is 15.6. The number of aryl methyl sites for hydroxylation is 1. The van der Waals surface area contributed by atoms with Crippen molar-refractivity contribution in [3.8, 4) is 0 Å². The number of rotatable bonds is 2. The Kier molecular flexibility index (Phi) is 4.56. The molecule has 0 aliphatic carbocycles. The van der Waals surface area contributed by atoms with E-state index >= 15 is 0 Å². The molecule has 2 rings (SSSR count). The standard InChI is InChI=1S/C13H18N4O3S/c1-8-11(21-7-15-8)13(20)17-4-3-16(9(2)18)5-10(6-17)12(14)19/h7,10H,3-6H2,1-2H3,(H2,14,19)/t10-/m1/s1. The first-order valence-electron chi connectivity index (χ1n) is 6.64. The van der Waals surface area contributed by atoms with Gasteiger partial charge in [0.15, 0.2) is 0 Å². The van der Waals surface area contributed by atoms with E-state index in [4.69, 9.17) is 5.73 Å². The highest BCUT2D eigenvalue weighted by molar-refractivity contribution is 7.11. The van der Waals surface area contributed by atoms with Crippen LogP contribution in [0.2, 0.25) is 0 Å². The van der Waals surface area contributed by atoms with Gasteiger partial charge in [-0.1, -0.05) is 0 Å². The zero-order valence-corrected chi connectivity index (χ0v) is 12.9. The van der Waals surface area contributed by atoms with Crippen LogP contribution in [0.1, 0.15) is 22.3 Å². The zero-order valence-electron chi connectivity index (χ0n) is 12.0. The minimum atomic E-state index is -0.548. The molecule has 1 aromatic rings. The molecule has 2 N–H and O–H groups in total. The van der Waals surface area contributed by atoms with E-state index in [1.54, 1.807) is 22.2 Å². The molecular formula is C13H18N4O3S. The number of carbonyl (C=O) groups is 3. The van der Waals surface area contributed by atoms with E-state index in [-0.39, 0.29) is 24.9 Å². The lowest BCUT2D eigenvalue weighted by atomic mass is 10.1. The van der Waals surface area contributed by atoms with Crippen LogP contribution in [0.3, 0.4) is 0 Å². The third kappa shape index (κ3) is 3.38. The lowest BCUT2D eigenvalue weighted by Gasteiger charge is -2.21. The SMILES string of the molecule is CC(=O)N1CCN(C(=O)c2scnc2C)C[C@H](C(N)=O)C1. The van der Waals surface area contributed by atoms with Gasteiger partial charge in [0, 0.05) is 33.1 Å². The maximum absolute atomic E-state index is 12.5. The van der Waals surface area contributed by atoms with Crippen molar-refractivity contribution in [3.63, 3.8) is 0 Å². The first-order chi connectivity index (χ1) is 9.90. The minimum absolute atomic E-state index is 0.121. The van der Waals surface area contributed by atoms with Crippen LogP contribution < -0.4 is 5.73 Å². The van der Waals surface area contributed by atoms with Crippen molar-refractivity contribution in [2.24, 2.45) is 11.7 Å². The summed E-state index contributed by atoms with van der Waals surface area (Å²) in [5.74, 6) is -1.33. The highest BCUT2D eigenvalue weighted by atomic mass is 32.1. The first-order valence-corrected chi connectivity index (χ1v) is 7.52. The Balaban J connectivity index is 2.20. The topological polar surface area (TPSA) is 96.6 Å². The van der Waals surface area contributed by atoms with Crippen molar-refractivity contribution in [3.05, 3.63) is 16.1 Å². The van der Waals surface area contributed by atoms with E-state index in [0.717, 1.165) is 0 Å². The molecule has 1 saturated heterocycles. The molecular weight excluding hydrogens is 292 g/mol. The number of thiazole rings is 1. The van der Waals surface area contributed by atoms with Gasteiger partial charge in [-0.15, -0.1) is 11.3 Å². The van der Waals surface area contributed by atoms with Crippen molar-refractivity contribution in [1.82, 2.24) is 14.8 Å². The Morgan fingerprint density at radius 1 is 1.29 bits per heavy atom. The molecule has 3 amide bonds. The predicted octanol–water partition coefficient (Wildman–Crippen LogP) is -0.143. The van der Waals surface area contributed by atoms with Gasteiger partial charge in [0.2, 0.25) is 11.8 Å². The van der Waals surface area contributed by atoms with Gasteiger partial charge in [-0.05, 0) is 6.92 Å². The van der Waals surface area contributed by atoms with Gasteiger partial charge in [0.05, 0.1) is 17.1 Å². The van der Waals surface area contributed by atoms with Crippen LogP contribution in [0.4, 0.5) is 0 Å². The fourth-order valence-electron chi connectivity index (χ4n) is 2.31. The molecule has 0 radical (unpaired) electrons. The maximum atomic E-state index is 12.5. The van der Waals surface area contributed by atoms with Crippen LogP contribution in [-0.2, 0) is 9.59 Å². The Hall–Kier alpha value is -1.96. The van der Waals surface area contributed by atoms with Crippen molar-refractivity contribution in [1.29, 1.82) is 0 Å². The Morgan fingerprint density at radius 3 is 2.43 bits per heavy atom. The number of hydrogen-bond donors (Lipinski definition) is 1. The maximum Gasteiger partial charge on any atom is 0.265 e. The van der Waals surface area contributed by atoms with Crippen LogP contribution >= 0.6 is 11.3 Å². The molecule has 8 heteroatoms. The molecule has 0 bridgehead atoms. The smallest absolute Gasteiger partial charge is 0.265 e. The number of nitrogens with zero attached hydrogens (tertiary/aromatic N) is 3. The third-order valence-corrected chi connectivity index (χ3v) is 4.51. The summed E-state index contributed by atoms with van der Waals surface area (Å²) in [6, 6.07) is 0. The van der Waals surface area contributed by atoms with E-state index in [9.17, 15) is 14.4 Å². The Bertz CT molecular complexity index is 572. The van der Waals surface area contributed by atoms with Gasteiger partial charge in [-0.25, -0.2) is 4.98 Å². The number of aromatic nitrogens is 1. The van der Waals surface area contributed by atoms with E-state index < -0.39 is 11.8 Å². The molecule has 1 atom stereocenters. The second-order valence-electron chi connectivity index (χ2n) is 5.08. The molecule has 114 valence electrons. The second kappa shape index (κ2) is 6.21. The third-order valence-electron chi connectivity index (χ3n) is 3.60. The summed E-state index contributed by atoms with van der Waals surface area (Å²) >= 11 is 1.28. The van der Waals surface area contributed by atoms with Gasteiger partial charge in [0.1, 0.15) is 4.88 Å². The molecule has 1 fully saturated rings.